The lowest BCUT2D eigenvalue weighted by molar-refractivity contribution is -0.124. The summed E-state index contributed by atoms with van der Waals surface area (Å²) in [4.78, 5) is 12.3. The van der Waals surface area contributed by atoms with Crippen LogP contribution in [0.1, 0.15) is 18.4 Å². The van der Waals surface area contributed by atoms with Gasteiger partial charge in [-0.05, 0) is 55.7 Å². The summed E-state index contributed by atoms with van der Waals surface area (Å²) >= 11 is 6.05. The van der Waals surface area contributed by atoms with Crippen molar-refractivity contribution < 1.29 is 14.3 Å². The van der Waals surface area contributed by atoms with Crippen LogP contribution in [0.2, 0.25) is 5.02 Å². The van der Waals surface area contributed by atoms with E-state index in [2.05, 4.69) is 5.32 Å². The predicted octanol–water partition coefficient (Wildman–Crippen LogP) is 4.56. The molecule has 3 rings (SSSR count). The van der Waals surface area contributed by atoms with Crippen molar-refractivity contribution >= 4 is 23.2 Å². The molecule has 1 heterocycles. The van der Waals surface area contributed by atoms with Gasteiger partial charge in [0.15, 0.2) is 5.75 Å². The first-order valence-electron chi connectivity index (χ1n) is 7.58. The number of halogens is 1. The van der Waals surface area contributed by atoms with Crippen LogP contribution in [0.25, 0.3) is 0 Å². The Labute approximate surface area is 140 Å². The summed E-state index contributed by atoms with van der Waals surface area (Å²) < 4.78 is 11.3. The van der Waals surface area contributed by atoms with Gasteiger partial charge >= 0.3 is 0 Å². The smallest absolute Gasteiger partial charge is 0.253 e. The fourth-order valence-corrected chi connectivity index (χ4v) is 2.66. The highest BCUT2D eigenvalue weighted by molar-refractivity contribution is 6.31. The molecule has 2 aromatic rings. The molecule has 1 amide bonds. The average Bonchev–Trinajstić information content (AvgIpc) is 3.04. The molecule has 0 spiro atoms. The first-order chi connectivity index (χ1) is 11.1. The fourth-order valence-electron chi connectivity index (χ4n) is 2.49. The van der Waals surface area contributed by atoms with E-state index >= 15 is 0 Å². The lowest BCUT2D eigenvalue weighted by Gasteiger charge is -2.15. The highest BCUT2D eigenvalue weighted by Crippen LogP contribution is 2.32. The topological polar surface area (TPSA) is 47.6 Å². The van der Waals surface area contributed by atoms with Crippen LogP contribution in [0.3, 0.4) is 0 Å². The van der Waals surface area contributed by atoms with Crippen molar-refractivity contribution in [3.05, 3.63) is 53.1 Å². The second-order valence-corrected chi connectivity index (χ2v) is 5.99. The third-order valence-electron chi connectivity index (χ3n) is 3.64. The van der Waals surface area contributed by atoms with Crippen molar-refractivity contribution in [2.24, 2.45) is 0 Å². The molecule has 1 aliphatic rings. The molecule has 1 aliphatic heterocycles. The van der Waals surface area contributed by atoms with Crippen LogP contribution in [0.5, 0.6) is 11.5 Å². The van der Waals surface area contributed by atoms with Crippen molar-refractivity contribution in [2.75, 3.05) is 11.9 Å². The van der Waals surface area contributed by atoms with Gasteiger partial charge in [0, 0.05) is 11.6 Å². The predicted molar refractivity (Wildman–Crippen MR) is 90.3 cm³/mol. The largest absolute Gasteiger partial charge is 0.455 e. The van der Waals surface area contributed by atoms with Crippen LogP contribution < -0.4 is 10.1 Å². The Balaban J connectivity index is 1.81. The molecule has 2 aromatic carbocycles. The SMILES string of the molecule is Cc1cccc(Oc2ccc(Cl)cc2NC(=O)[C@H]2CCCO2)c1. The molecule has 4 nitrogen and oxygen atoms in total. The summed E-state index contributed by atoms with van der Waals surface area (Å²) in [6.07, 6.45) is 1.24. The molecule has 120 valence electrons. The number of aryl methyl sites for hydroxylation is 1. The zero-order valence-electron chi connectivity index (χ0n) is 12.8. The molecular formula is C18H18ClNO3. The van der Waals surface area contributed by atoms with Gasteiger partial charge in [-0.2, -0.15) is 0 Å². The second-order valence-electron chi connectivity index (χ2n) is 5.55. The maximum Gasteiger partial charge on any atom is 0.253 e. The Kier molecular flexibility index (Phi) is 4.84. The highest BCUT2D eigenvalue weighted by Gasteiger charge is 2.24. The van der Waals surface area contributed by atoms with E-state index in [9.17, 15) is 4.79 Å². The molecule has 1 N–H and O–H groups in total. The average molecular weight is 332 g/mol. The van der Waals surface area contributed by atoms with Crippen molar-refractivity contribution in [1.82, 2.24) is 0 Å². The summed E-state index contributed by atoms with van der Waals surface area (Å²) in [5.41, 5.74) is 1.64. The van der Waals surface area contributed by atoms with E-state index in [1.54, 1.807) is 18.2 Å². The summed E-state index contributed by atoms with van der Waals surface area (Å²) in [6, 6.07) is 12.9. The van der Waals surface area contributed by atoms with Gasteiger partial charge in [0.05, 0.1) is 5.69 Å². The van der Waals surface area contributed by atoms with Crippen LogP contribution in [0.15, 0.2) is 42.5 Å². The second kappa shape index (κ2) is 7.02. The molecule has 1 atom stereocenters. The van der Waals surface area contributed by atoms with Gasteiger partial charge in [-0.1, -0.05) is 23.7 Å². The van der Waals surface area contributed by atoms with Crippen LogP contribution in [0, 0.1) is 6.92 Å². The zero-order chi connectivity index (χ0) is 16.2. The van der Waals surface area contributed by atoms with Crippen molar-refractivity contribution in [3.63, 3.8) is 0 Å². The number of amides is 1. The van der Waals surface area contributed by atoms with Crippen molar-refractivity contribution in [3.8, 4) is 11.5 Å². The van der Waals surface area contributed by atoms with Gasteiger partial charge in [-0.25, -0.2) is 0 Å². The minimum absolute atomic E-state index is 0.168. The van der Waals surface area contributed by atoms with Gasteiger partial charge < -0.3 is 14.8 Å². The third-order valence-corrected chi connectivity index (χ3v) is 3.87. The molecular weight excluding hydrogens is 314 g/mol. The maximum absolute atomic E-state index is 12.3. The van der Waals surface area contributed by atoms with Crippen LogP contribution in [-0.2, 0) is 9.53 Å². The lowest BCUT2D eigenvalue weighted by atomic mass is 10.2. The first kappa shape index (κ1) is 15.8. The molecule has 1 fully saturated rings. The number of hydrogen-bond donors (Lipinski definition) is 1. The molecule has 0 bridgehead atoms. The van der Waals surface area contributed by atoms with Crippen molar-refractivity contribution in [1.29, 1.82) is 0 Å². The molecule has 0 radical (unpaired) electrons. The van der Waals surface area contributed by atoms with E-state index in [1.807, 2.05) is 31.2 Å². The third kappa shape index (κ3) is 4.03. The quantitative estimate of drug-likeness (QED) is 0.893. The van der Waals surface area contributed by atoms with E-state index < -0.39 is 6.10 Å². The molecule has 0 unspecified atom stereocenters. The Hall–Kier alpha value is -2.04. The Morgan fingerprint density at radius 3 is 2.91 bits per heavy atom. The number of carbonyl (C=O) groups excluding carboxylic acids is 1. The molecule has 1 saturated heterocycles. The van der Waals surface area contributed by atoms with E-state index in [1.165, 1.54) is 0 Å². The molecule has 23 heavy (non-hydrogen) atoms. The van der Waals surface area contributed by atoms with Gasteiger partial charge in [0.2, 0.25) is 0 Å². The normalized spacial score (nSPS) is 17.0. The van der Waals surface area contributed by atoms with E-state index in [0.717, 1.165) is 18.4 Å². The van der Waals surface area contributed by atoms with E-state index in [-0.39, 0.29) is 5.91 Å². The maximum atomic E-state index is 12.3. The number of nitrogens with one attached hydrogen (secondary N) is 1. The zero-order valence-corrected chi connectivity index (χ0v) is 13.6. The monoisotopic (exact) mass is 331 g/mol. The molecule has 0 aromatic heterocycles. The summed E-state index contributed by atoms with van der Waals surface area (Å²) in [6.45, 7) is 2.62. The summed E-state index contributed by atoms with van der Waals surface area (Å²) in [7, 11) is 0. The fraction of sp³-hybridized carbons (Fsp3) is 0.278. The molecule has 0 aliphatic carbocycles. The van der Waals surface area contributed by atoms with E-state index in [0.29, 0.717) is 28.8 Å². The summed E-state index contributed by atoms with van der Waals surface area (Å²) in [5.74, 6) is 1.09. The number of rotatable bonds is 4. The van der Waals surface area contributed by atoms with Gasteiger partial charge in [0.25, 0.3) is 5.91 Å². The highest BCUT2D eigenvalue weighted by atomic mass is 35.5. The number of benzene rings is 2. The number of hydrogen-bond acceptors (Lipinski definition) is 3. The van der Waals surface area contributed by atoms with Gasteiger partial charge in [-0.3, -0.25) is 4.79 Å². The van der Waals surface area contributed by atoms with Gasteiger partial charge in [0.1, 0.15) is 11.9 Å². The van der Waals surface area contributed by atoms with Crippen LogP contribution in [-0.4, -0.2) is 18.6 Å². The minimum atomic E-state index is -0.402. The molecule has 5 heteroatoms. The molecule has 0 saturated carbocycles. The van der Waals surface area contributed by atoms with Crippen LogP contribution in [0.4, 0.5) is 5.69 Å². The first-order valence-corrected chi connectivity index (χ1v) is 7.96. The Bertz CT molecular complexity index is 711. The standard InChI is InChI=1S/C18H18ClNO3/c1-12-4-2-5-14(10-12)23-16-8-7-13(19)11-15(16)20-18(21)17-6-3-9-22-17/h2,4-5,7-8,10-11,17H,3,6,9H2,1H3,(H,20,21)/t17-/m1/s1. The van der Waals surface area contributed by atoms with E-state index in [4.69, 9.17) is 21.1 Å². The van der Waals surface area contributed by atoms with Crippen molar-refractivity contribution in [2.45, 2.75) is 25.9 Å². The van der Waals surface area contributed by atoms with Crippen LogP contribution >= 0.6 is 11.6 Å². The summed E-state index contributed by atoms with van der Waals surface area (Å²) in [5, 5.41) is 3.39. The van der Waals surface area contributed by atoms with Gasteiger partial charge in [-0.15, -0.1) is 0 Å². The Morgan fingerprint density at radius 1 is 1.30 bits per heavy atom. The minimum Gasteiger partial charge on any atom is -0.455 e. The number of ether oxygens (including phenoxy) is 2. The lowest BCUT2D eigenvalue weighted by Crippen LogP contribution is -2.27. The Morgan fingerprint density at radius 2 is 2.17 bits per heavy atom. The number of anilines is 1. The number of carbonyl (C=O) groups is 1.